The minimum atomic E-state index is -0.741. The highest BCUT2D eigenvalue weighted by Gasteiger charge is 2.48. The summed E-state index contributed by atoms with van der Waals surface area (Å²) in [6, 6.07) is 8.82. The van der Waals surface area contributed by atoms with Crippen LogP contribution in [0.4, 0.5) is 20.4 Å². The van der Waals surface area contributed by atoms with Gasteiger partial charge in [-0.15, -0.1) is 0 Å². The Morgan fingerprint density at radius 1 is 1.29 bits per heavy atom. The maximum Gasteiger partial charge on any atom is 0.256 e. The van der Waals surface area contributed by atoms with E-state index in [-0.39, 0.29) is 22.4 Å². The summed E-state index contributed by atoms with van der Waals surface area (Å²) in [6.07, 6.45) is 2.74. The maximum atomic E-state index is 14.6. The maximum absolute atomic E-state index is 14.6. The molecule has 2 aromatic heterocycles. The molecule has 2 N–H and O–H groups in total. The van der Waals surface area contributed by atoms with E-state index in [1.54, 1.807) is 23.1 Å². The second-order valence-electron chi connectivity index (χ2n) is 9.73. The Morgan fingerprint density at radius 3 is 2.79 bits per heavy atom. The summed E-state index contributed by atoms with van der Waals surface area (Å²) in [6.45, 7) is 2.91. The van der Waals surface area contributed by atoms with Crippen LogP contribution in [0.1, 0.15) is 41.0 Å². The van der Waals surface area contributed by atoms with Crippen LogP contribution in [0.5, 0.6) is 0 Å². The van der Waals surface area contributed by atoms with E-state index < -0.39 is 23.0 Å². The number of aryl methyl sites for hydroxylation is 1. The van der Waals surface area contributed by atoms with Gasteiger partial charge in [-0.25, -0.2) is 18.8 Å². The van der Waals surface area contributed by atoms with E-state index in [0.29, 0.717) is 63.3 Å². The van der Waals surface area contributed by atoms with Gasteiger partial charge in [-0.2, -0.15) is 5.10 Å². The molecule has 0 saturated carbocycles. The number of rotatable bonds is 7. The number of hydrogen-bond acceptors (Lipinski definition) is 6. The van der Waals surface area contributed by atoms with Gasteiger partial charge in [-0.3, -0.25) is 19.5 Å². The molecular weight excluding hydrogens is 518 g/mol. The van der Waals surface area contributed by atoms with Gasteiger partial charge in [-0.05, 0) is 56.9 Å². The van der Waals surface area contributed by atoms with Crippen molar-refractivity contribution < 1.29 is 23.2 Å². The van der Waals surface area contributed by atoms with Crippen LogP contribution in [-0.2, 0) is 16.1 Å². The summed E-state index contributed by atoms with van der Waals surface area (Å²) in [5, 5.41) is 11.0. The molecule has 3 aromatic rings. The average Bonchev–Trinajstić information content (AvgIpc) is 3.57. The molecule has 0 radical (unpaired) electrons. The van der Waals surface area contributed by atoms with Crippen molar-refractivity contribution in [3.8, 4) is 0 Å². The Bertz CT molecular complexity index is 1340. The molecule has 5 rings (SSSR count). The van der Waals surface area contributed by atoms with Gasteiger partial charge >= 0.3 is 0 Å². The van der Waals surface area contributed by atoms with Crippen molar-refractivity contribution in [1.82, 2.24) is 25.1 Å². The monoisotopic (exact) mass is 544 g/mol. The lowest BCUT2D eigenvalue weighted by Crippen LogP contribution is -2.52. The van der Waals surface area contributed by atoms with E-state index >= 15 is 0 Å². The van der Waals surface area contributed by atoms with Crippen LogP contribution in [0.15, 0.2) is 36.4 Å². The number of carbonyl (C=O) groups is 2. The number of amides is 2. The van der Waals surface area contributed by atoms with Crippen LogP contribution >= 0.6 is 11.6 Å². The van der Waals surface area contributed by atoms with Gasteiger partial charge in [0, 0.05) is 36.0 Å². The molecule has 1 unspecified atom stereocenters. The largest absolute Gasteiger partial charge is 0.339 e. The van der Waals surface area contributed by atoms with E-state index in [2.05, 4.69) is 20.5 Å². The van der Waals surface area contributed by atoms with Crippen LogP contribution < -0.4 is 5.32 Å². The molecular formula is C26H27ClF2N6O3. The highest BCUT2D eigenvalue weighted by molar-refractivity contribution is 6.31. The first-order chi connectivity index (χ1) is 18.3. The van der Waals surface area contributed by atoms with Crippen LogP contribution in [0.3, 0.4) is 0 Å². The van der Waals surface area contributed by atoms with Gasteiger partial charge in [-0.1, -0.05) is 17.7 Å². The number of likely N-dealkylation sites (tertiary alicyclic amines) is 1. The number of carbonyl (C=O) groups excluding carboxylic acids is 2. The smallest absolute Gasteiger partial charge is 0.256 e. The number of pyridine rings is 1. The lowest BCUT2D eigenvalue weighted by Gasteiger charge is -2.46. The van der Waals surface area contributed by atoms with Gasteiger partial charge in [0.25, 0.3) is 5.91 Å². The Morgan fingerprint density at radius 2 is 2.08 bits per heavy atom. The molecule has 2 aliphatic rings. The summed E-state index contributed by atoms with van der Waals surface area (Å²) >= 11 is 5.88. The van der Waals surface area contributed by atoms with Crippen molar-refractivity contribution in [2.24, 2.45) is 5.41 Å². The Kier molecular flexibility index (Phi) is 7.31. The number of H-pyrrole nitrogens is 1. The van der Waals surface area contributed by atoms with E-state index in [4.69, 9.17) is 16.4 Å². The van der Waals surface area contributed by atoms with Crippen LogP contribution in [0, 0.1) is 24.0 Å². The number of halogens is 3. The zero-order valence-corrected chi connectivity index (χ0v) is 21.5. The molecule has 4 heterocycles. The molecule has 9 nitrogen and oxygen atoms in total. The number of benzene rings is 1. The predicted octanol–water partition coefficient (Wildman–Crippen LogP) is 4.42. The third kappa shape index (κ3) is 5.08. The van der Waals surface area contributed by atoms with Crippen LogP contribution in [-0.4, -0.2) is 63.2 Å². The van der Waals surface area contributed by atoms with Gasteiger partial charge < -0.3 is 10.2 Å². The molecule has 0 aliphatic carbocycles. The summed E-state index contributed by atoms with van der Waals surface area (Å²) in [7, 11) is 0. The lowest BCUT2D eigenvalue weighted by molar-refractivity contribution is -0.173. The molecule has 2 fully saturated rings. The van der Waals surface area contributed by atoms with Crippen LogP contribution in [0.25, 0.3) is 0 Å². The molecule has 0 spiro atoms. The third-order valence-electron chi connectivity index (χ3n) is 7.37. The molecule has 1 atom stereocenters. The van der Waals surface area contributed by atoms with Gasteiger partial charge in [0.15, 0.2) is 23.3 Å². The molecule has 38 heavy (non-hydrogen) atoms. The number of nitrogens with one attached hydrogen (secondary N) is 2. The Hall–Kier alpha value is -3.57. The summed E-state index contributed by atoms with van der Waals surface area (Å²) in [4.78, 5) is 36.6. The van der Waals surface area contributed by atoms with E-state index in [0.717, 1.165) is 5.69 Å². The SMILES string of the molecule is Cc1cc(Nc2nc(CC3(C4CCON4C=O)CCN(C(=O)c4cccc(Cl)c4F)CC3)ccc2F)n[nH]1. The number of piperidine rings is 1. The molecule has 2 saturated heterocycles. The average molecular weight is 545 g/mol. The topological polar surface area (TPSA) is 103 Å². The fourth-order valence-corrected chi connectivity index (χ4v) is 5.60. The number of hydroxylamine groups is 2. The van der Waals surface area contributed by atoms with Gasteiger partial charge in [0.2, 0.25) is 6.41 Å². The Labute approximate surface area is 223 Å². The molecule has 1 aromatic carbocycles. The number of anilines is 2. The number of aromatic nitrogens is 3. The summed E-state index contributed by atoms with van der Waals surface area (Å²) < 4.78 is 29.1. The molecule has 12 heteroatoms. The van der Waals surface area contributed by atoms with E-state index in [9.17, 15) is 18.4 Å². The highest BCUT2D eigenvalue weighted by atomic mass is 35.5. The number of hydrogen-bond donors (Lipinski definition) is 2. The van der Waals surface area contributed by atoms with E-state index in [1.165, 1.54) is 23.3 Å². The van der Waals surface area contributed by atoms with Crippen molar-refractivity contribution in [2.45, 2.75) is 38.6 Å². The zero-order chi connectivity index (χ0) is 26.9. The minimum Gasteiger partial charge on any atom is -0.339 e. The third-order valence-corrected chi connectivity index (χ3v) is 7.66. The van der Waals surface area contributed by atoms with Crippen molar-refractivity contribution in [2.75, 3.05) is 25.0 Å². The first-order valence-corrected chi connectivity index (χ1v) is 12.7. The first kappa shape index (κ1) is 26.1. The summed E-state index contributed by atoms with van der Waals surface area (Å²) in [5.41, 5.74) is 0.872. The van der Waals surface area contributed by atoms with Gasteiger partial charge in [0.05, 0.1) is 23.2 Å². The van der Waals surface area contributed by atoms with Crippen LogP contribution in [0.2, 0.25) is 5.02 Å². The normalized spacial score (nSPS) is 19.0. The van der Waals surface area contributed by atoms with Crippen molar-refractivity contribution in [3.05, 3.63) is 70.0 Å². The molecule has 2 amide bonds. The minimum absolute atomic E-state index is 0.0445. The highest BCUT2D eigenvalue weighted by Crippen LogP contribution is 2.44. The predicted molar refractivity (Wildman–Crippen MR) is 136 cm³/mol. The van der Waals surface area contributed by atoms with Gasteiger partial charge in [0.1, 0.15) is 0 Å². The Balaban J connectivity index is 1.39. The first-order valence-electron chi connectivity index (χ1n) is 12.3. The zero-order valence-electron chi connectivity index (χ0n) is 20.7. The quantitative estimate of drug-likeness (QED) is 0.427. The summed E-state index contributed by atoms with van der Waals surface area (Å²) in [5.74, 6) is -1.21. The lowest BCUT2D eigenvalue weighted by atomic mass is 9.68. The van der Waals surface area contributed by atoms with E-state index in [1.807, 2.05) is 6.92 Å². The fourth-order valence-electron chi connectivity index (χ4n) is 5.42. The van der Waals surface area contributed by atoms with Crippen molar-refractivity contribution in [3.63, 3.8) is 0 Å². The molecule has 0 bridgehead atoms. The standard InChI is InChI=1S/C26H27ClF2N6O3/c1-16-13-22(33-32-16)31-24-20(28)6-5-17(30-24)14-26(21-7-12-38-35(21)15-36)8-10-34(11-9-26)25(37)18-3-2-4-19(27)23(18)29/h2-6,13,15,21H,7-12,14H2,1H3,(H2,30,31,32,33). The number of aromatic amines is 1. The van der Waals surface area contributed by atoms with Crippen molar-refractivity contribution in [1.29, 1.82) is 0 Å². The molecule has 200 valence electrons. The fraction of sp³-hybridized carbons (Fsp3) is 0.385. The van der Waals surface area contributed by atoms with Crippen molar-refractivity contribution >= 4 is 35.6 Å². The molecule has 2 aliphatic heterocycles. The second-order valence-corrected chi connectivity index (χ2v) is 10.1. The second kappa shape index (κ2) is 10.7. The number of nitrogens with zero attached hydrogens (tertiary/aromatic N) is 4.